The number of sulfonamides is 1. The smallest absolute Gasteiger partial charge is 0.433 e. The summed E-state index contributed by atoms with van der Waals surface area (Å²) in [5.41, 5.74) is 0.782. The van der Waals surface area contributed by atoms with Crippen LogP contribution in [0.4, 0.5) is 11.0 Å². The number of furan rings is 1. The molecule has 12 nitrogen and oxygen atoms in total. The van der Waals surface area contributed by atoms with Crippen molar-refractivity contribution in [1.82, 2.24) is 9.29 Å². The number of methoxy groups -OCH3 is 1. The highest BCUT2D eigenvalue weighted by molar-refractivity contribution is 7.89. The molecule has 1 aliphatic rings. The van der Waals surface area contributed by atoms with Gasteiger partial charge in [-0.25, -0.2) is 13.4 Å². The molecule has 1 saturated heterocycles. The minimum absolute atomic E-state index is 0.0596. The molecular weight excluding hydrogens is 534 g/mol. The van der Waals surface area contributed by atoms with Crippen molar-refractivity contribution < 1.29 is 27.3 Å². The number of nitro groups is 1. The van der Waals surface area contributed by atoms with Crippen molar-refractivity contribution in [2.45, 2.75) is 17.7 Å². The van der Waals surface area contributed by atoms with Crippen LogP contribution < -0.4 is 9.75 Å². The number of thiazole rings is 1. The number of amides is 1. The van der Waals surface area contributed by atoms with Gasteiger partial charge in [0, 0.05) is 18.7 Å². The fraction of sp³-hybridized carbons (Fsp3) is 0.208. The predicted molar refractivity (Wildman–Crippen MR) is 140 cm³/mol. The highest BCUT2D eigenvalue weighted by Gasteiger charge is 2.28. The molecule has 4 aromatic rings. The summed E-state index contributed by atoms with van der Waals surface area (Å²) >= 11 is 1.19. The van der Waals surface area contributed by atoms with Gasteiger partial charge >= 0.3 is 5.88 Å². The summed E-state index contributed by atoms with van der Waals surface area (Å²) in [5.74, 6) is -0.374. The second-order valence-corrected chi connectivity index (χ2v) is 11.2. The molecule has 5 rings (SSSR count). The molecule has 2 aromatic heterocycles. The van der Waals surface area contributed by atoms with E-state index in [-0.39, 0.29) is 21.4 Å². The Labute approximate surface area is 221 Å². The summed E-state index contributed by atoms with van der Waals surface area (Å²) in [4.78, 5) is 28.4. The van der Waals surface area contributed by atoms with Crippen molar-refractivity contribution in [3.8, 4) is 5.75 Å². The summed E-state index contributed by atoms with van der Waals surface area (Å²) in [7, 11) is -2.10. The number of anilines is 1. The number of benzene rings is 2. The van der Waals surface area contributed by atoms with Crippen LogP contribution in [0.2, 0.25) is 0 Å². The number of hydrogen-bond donors (Lipinski definition) is 0. The van der Waals surface area contributed by atoms with Gasteiger partial charge in [0.1, 0.15) is 10.7 Å². The number of nitrogens with zero attached hydrogens (tertiary/aromatic N) is 5. The molecule has 1 amide bonds. The molecule has 0 spiro atoms. The third kappa shape index (κ3) is 5.01. The maximum atomic E-state index is 13.6. The maximum absolute atomic E-state index is 13.6. The zero-order chi connectivity index (χ0) is 26.9. The zero-order valence-corrected chi connectivity index (χ0v) is 21.6. The normalized spacial score (nSPS) is 14.3. The number of hydrazone groups is 1. The van der Waals surface area contributed by atoms with Crippen molar-refractivity contribution in [2.75, 3.05) is 25.2 Å². The average Bonchev–Trinajstić information content (AvgIpc) is 3.69. The topological polar surface area (TPSA) is 148 Å². The van der Waals surface area contributed by atoms with E-state index in [0.29, 0.717) is 24.4 Å². The first kappa shape index (κ1) is 25.5. The van der Waals surface area contributed by atoms with Crippen LogP contribution in [-0.2, 0) is 10.0 Å². The van der Waals surface area contributed by atoms with E-state index in [4.69, 9.17) is 9.15 Å². The summed E-state index contributed by atoms with van der Waals surface area (Å²) in [6, 6.07) is 13.4. The van der Waals surface area contributed by atoms with Crippen molar-refractivity contribution >= 4 is 54.7 Å². The molecule has 0 bridgehead atoms. The van der Waals surface area contributed by atoms with Crippen molar-refractivity contribution in [1.29, 1.82) is 0 Å². The highest BCUT2D eigenvalue weighted by atomic mass is 32.2. The Morgan fingerprint density at radius 2 is 1.92 bits per heavy atom. The highest BCUT2D eigenvalue weighted by Crippen LogP contribution is 2.33. The van der Waals surface area contributed by atoms with Gasteiger partial charge < -0.3 is 9.15 Å². The number of fused-ring (bicyclic) bond motifs is 1. The Kier molecular flexibility index (Phi) is 6.93. The molecule has 3 heterocycles. The zero-order valence-electron chi connectivity index (χ0n) is 20.0. The number of rotatable bonds is 8. The minimum atomic E-state index is -3.64. The number of aromatic nitrogens is 1. The minimum Gasteiger partial charge on any atom is -0.497 e. The molecule has 0 N–H and O–H groups in total. The van der Waals surface area contributed by atoms with Crippen LogP contribution in [0, 0.1) is 10.1 Å². The van der Waals surface area contributed by atoms with Crippen LogP contribution in [0.3, 0.4) is 0 Å². The summed E-state index contributed by atoms with van der Waals surface area (Å²) < 4.78 is 38.3. The van der Waals surface area contributed by atoms with Crippen LogP contribution in [0.1, 0.15) is 29.0 Å². The molecule has 38 heavy (non-hydrogen) atoms. The van der Waals surface area contributed by atoms with E-state index in [2.05, 4.69) is 10.1 Å². The SMILES string of the molecule is COc1ccc2nc(N(/N=C/c3ccc([N+](=O)[O-])o3)C(=O)c3ccc(S(=O)(=O)N4CCCC4)cc3)sc2c1. The van der Waals surface area contributed by atoms with Crippen LogP contribution in [-0.4, -0.2) is 55.0 Å². The molecule has 0 radical (unpaired) electrons. The van der Waals surface area contributed by atoms with Gasteiger partial charge in [-0.05, 0) is 61.4 Å². The van der Waals surface area contributed by atoms with Crippen LogP contribution in [0.5, 0.6) is 5.75 Å². The van der Waals surface area contributed by atoms with E-state index in [0.717, 1.165) is 22.6 Å². The van der Waals surface area contributed by atoms with Gasteiger partial charge in [-0.2, -0.15) is 14.4 Å². The van der Waals surface area contributed by atoms with Gasteiger partial charge in [0.2, 0.25) is 15.2 Å². The van der Waals surface area contributed by atoms with Gasteiger partial charge in [0.15, 0.2) is 5.76 Å². The van der Waals surface area contributed by atoms with Gasteiger partial charge in [0.25, 0.3) is 5.91 Å². The lowest BCUT2D eigenvalue weighted by molar-refractivity contribution is -0.402. The van der Waals surface area contributed by atoms with Crippen molar-refractivity contribution in [3.05, 3.63) is 76.0 Å². The van der Waals surface area contributed by atoms with E-state index < -0.39 is 26.7 Å². The molecular formula is C24H21N5O7S2. The summed E-state index contributed by atoms with van der Waals surface area (Å²) in [6.45, 7) is 0.942. The quantitative estimate of drug-likeness (QED) is 0.178. The third-order valence-corrected chi connectivity index (χ3v) is 8.76. The standard InChI is InChI=1S/C24H21N5O7S2/c1-35-17-6-10-20-21(14-17)37-24(26-20)28(25-15-18-7-11-22(36-18)29(31)32)23(30)16-4-8-19(9-5-16)38(33,34)27-12-2-3-13-27/h4-11,14-15H,2-3,12-13H2,1H3/b25-15+. The Hall–Kier alpha value is -4.14. The van der Waals surface area contributed by atoms with E-state index in [1.54, 1.807) is 25.3 Å². The van der Waals surface area contributed by atoms with E-state index in [1.807, 2.05) is 0 Å². The molecule has 1 fully saturated rings. The number of carbonyl (C=O) groups is 1. The first-order chi connectivity index (χ1) is 18.3. The largest absolute Gasteiger partial charge is 0.497 e. The van der Waals surface area contributed by atoms with Crippen molar-refractivity contribution in [2.24, 2.45) is 5.10 Å². The lowest BCUT2D eigenvalue weighted by atomic mass is 10.2. The number of hydrogen-bond acceptors (Lipinski definition) is 10. The lowest BCUT2D eigenvalue weighted by Gasteiger charge is -2.16. The fourth-order valence-electron chi connectivity index (χ4n) is 3.89. The Bertz CT molecular complexity index is 1640. The van der Waals surface area contributed by atoms with Crippen LogP contribution >= 0.6 is 11.3 Å². The fourth-order valence-corrected chi connectivity index (χ4v) is 6.36. The predicted octanol–water partition coefficient (Wildman–Crippen LogP) is 4.27. The first-order valence-electron chi connectivity index (χ1n) is 11.4. The first-order valence-corrected chi connectivity index (χ1v) is 13.7. The van der Waals surface area contributed by atoms with Crippen LogP contribution in [0.15, 0.2) is 69.0 Å². The van der Waals surface area contributed by atoms with Gasteiger partial charge in [-0.1, -0.05) is 11.3 Å². The van der Waals surface area contributed by atoms with Crippen LogP contribution in [0.25, 0.3) is 10.2 Å². The molecule has 1 aliphatic heterocycles. The molecule has 0 unspecified atom stereocenters. The third-order valence-electron chi connectivity index (χ3n) is 5.85. The molecule has 0 aliphatic carbocycles. The van der Waals surface area contributed by atoms with E-state index in [9.17, 15) is 23.3 Å². The van der Waals surface area contributed by atoms with Gasteiger partial charge in [-0.3, -0.25) is 14.9 Å². The lowest BCUT2D eigenvalue weighted by Crippen LogP contribution is -2.28. The summed E-state index contributed by atoms with van der Waals surface area (Å²) in [6.07, 6.45) is 2.80. The molecule has 2 aromatic carbocycles. The second-order valence-electron chi connectivity index (χ2n) is 8.26. The summed E-state index contributed by atoms with van der Waals surface area (Å²) in [5, 5.41) is 16.4. The maximum Gasteiger partial charge on any atom is 0.433 e. The molecule has 14 heteroatoms. The average molecular weight is 556 g/mol. The van der Waals surface area contributed by atoms with Crippen molar-refractivity contribution in [3.63, 3.8) is 0 Å². The monoisotopic (exact) mass is 555 g/mol. The Morgan fingerprint density at radius 3 is 2.58 bits per heavy atom. The Balaban J connectivity index is 1.49. The van der Waals surface area contributed by atoms with E-state index >= 15 is 0 Å². The molecule has 0 saturated carbocycles. The van der Waals surface area contributed by atoms with Gasteiger partial charge in [-0.15, -0.1) is 0 Å². The second kappa shape index (κ2) is 10.3. The molecule has 0 atom stereocenters. The number of carbonyl (C=O) groups excluding carboxylic acids is 1. The van der Waals surface area contributed by atoms with E-state index in [1.165, 1.54) is 58.3 Å². The Morgan fingerprint density at radius 1 is 1.18 bits per heavy atom. The number of ether oxygens (including phenoxy) is 1. The van der Waals surface area contributed by atoms with Gasteiger partial charge in [0.05, 0.1) is 34.5 Å². The molecule has 196 valence electrons.